The third-order valence-corrected chi connectivity index (χ3v) is 2.29. The Bertz CT molecular complexity index is 423. The molecule has 1 amide bonds. The average Bonchev–Trinajstić information content (AvgIpc) is 2.21. The zero-order chi connectivity index (χ0) is 11.4. The summed E-state index contributed by atoms with van der Waals surface area (Å²) >= 11 is 5.80. The number of carbonyl (C=O) groups excluding carboxylic acids is 1. The summed E-state index contributed by atoms with van der Waals surface area (Å²) in [6.07, 6.45) is 5.11. The minimum absolute atomic E-state index is 0.229. The van der Waals surface area contributed by atoms with E-state index < -0.39 is 0 Å². The topological polar surface area (TPSA) is 46.3 Å². The first-order valence-corrected chi connectivity index (χ1v) is 4.68. The molecule has 0 aliphatic rings. The second-order valence-corrected chi connectivity index (χ2v) is 3.47. The molecule has 0 saturated heterocycles. The van der Waals surface area contributed by atoms with Gasteiger partial charge in [-0.05, 0) is 12.1 Å². The molecule has 0 fully saturated rings. The molecule has 0 saturated carbocycles. The van der Waals surface area contributed by atoms with Crippen LogP contribution in [-0.2, 0) is 0 Å². The Labute approximate surface area is 93.8 Å². The summed E-state index contributed by atoms with van der Waals surface area (Å²) in [4.78, 5) is 13.2. The van der Waals surface area contributed by atoms with Gasteiger partial charge in [0.1, 0.15) is 0 Å². The quantitative estimate of drug-likeness (QED) is 0.611. The van der Waals surface area contributed by atoms with Gasteiger partial charge in [-0.2, -0.15) is 0 Å². The number of anilines is 1. The van der Waals surface area contributed by atoms with Crippen LogP contribution in [0.3, 0.4) is 0 Å². The summed E-state index contributed by atoms with van der Waals surface area (Å²) in [5.41, 5.74) is 6.35. The number of carbonyl (C=O) groups is 1. The number of nitrogens with zero attached hydrogens (tertiary/aromatic N) is 1. The first kappa shape index (κ1) is 11.4. The molecule has 1 rings (SSSR count). The molecule has 0 radical (unpaired) electrons. The number of nitrogens with two attached hydrogens (primary N) is 1. The van der Waals surface area contributed by atoms with Crippen molar-refractivity contribution in [2.45, 2.75) is 0 Å². The van der Waals surface area contributed by atoms with Crippen LogP contribution in [0.25, 0.3) is 0 Å². The molecule has 1 aromatic rings. The zero-order valence-electron chi connectivity index (χ0n) is 8.33. The van der Waals surface area contributed by atoms with E-state index in [4.69, 9.17) is 23.8 Å². The lowest BCUT2D eigenvalue weighted by Crippen LogP contribution is -2.27. The normalized spacial score (nSPS) is 9.40. The Hall–Kier alpha value is -1.66. The van der Waals surface area contributed by atoms with Gasteiger partial charge in [0.05, 0.1) is 22.8 Å². The number of benzene rings is 1. The third kappa shape index (κ3) is 2.42. The van der Waals surface area contributed by atoms with Crippen LogP contribution in [-0.4, -0.2) is 24.4 Å². The van der Waals surface area contributed by atoms with E-state index in [0.717, 1.165) is 0 Å². The fourth-order valence-corrected chi connectivity index (χ4v) is 1.31. The van der Waals surface area contributed by atoms with E-state index in [0.29, 0.717) is 10.6 Å². The van der Waals surface area contributed by atoms with Gasteiger partial charge in [0.15, 0.2) is 0 Å². The van der Waals surface area contributed by atoms with Crippen LogP contribution in [0.1, 0.15) is 10.4 Å². The number of para-hydroxylation sites is 1. The van der Waals surface area contributed by atoms with Crippen molar-refractivity contribution in [3.8, 4) is 12.3 Å². The van der Waals surface area contributed by atoms with Crippen LogP contribution in [0.4, 0.5) is 5.69 Å². The SMILES string of the molecule is C#CCN(C)C(=O)c1cccc(Cl)c1N. The van der Waals surface area contributed by atoms with Gasteiger partial charge in [0, 0.05) is 7.05 Å². The van der Waals surface area contributed by atoms with E-state index in [1.54, 1.807) is 25.2 Å². The van der Waals surface area contributed by atoms with Crippen LogP contribution in [0.2, 0.25) is 5.02 Å². The second kappa shape index (κ2) is 4.72. The molecule has 0 spiro atoms. The summed E-state index contributed by atoms with van der Waals surface area (Å²) in [6.45, 7) is 0.241. The molecule has 4 heteroatoms. The van der Waals surface area contributed by atoms with Crippen molar-refractivity contribution in [1.82, 2.24) is 4.90 Å². The van der Waals surface area contributed by atoms with E-state index >= 15 is 0 Å². The van der Waals surface area contributed by atoms with E-state index in [-0.39, 0.29) is 18.1 Å². The molecule has 0 aromatic heterocycles. The molecular weight excluding hydrogens is 212 g/mol. The lowest BCUT2D eigenvalue weighted by Gasteiger charge is -2.15. The van der Waals surface area contributed by atoms with Crippen molar-refractivity contribution in [3.05, 3.63) is 28.8 Å². The molecule has 3 nitrogen and oxygen atoms in total. The monoisotopic (exact) mass is 222 g/mol. The first-order chi connectivity index (χ1) is 7.07. The van der Waals surface area contributed by atoms with Crippen LogP contribution in [0.15, 0.2) is 18.2 Å². The van der Waals surface area contributed by atoms with Gasteiger partial charge in [0.25, 0.3) is 5.91 Å². The Morgan fingerprint density at radius 1 is 1.67 bits per heavy atom. The smallest absolute Gasteiger partial charge is 0.256 e. The number of terminal acetylenes is 1. The summed E-state index contributed by atoms with van der Waals surface area (Å²) in [5.74, 6) is 2.15. The van der Waals surface area contributed by atoms with E-state index in [9.17, 15) is 4.79 Å². The zero-order valence-corrected chi connectivity index (χ0v) is 9.08. The molecule has 0 bridgehead atoms. The largest absolute Gasteiger partial charge is 0.397 e. The van der Waals surface area contributed by atoms with E-state index in [1.165, 1.54) is 4.90 Å². The van der Waals surface area contributed by atoms with Crippen molar-refractivity contribution in [2.24, 2.45) is 0 Å². The highest BCUT2D eigenvalue weighted by molar-refractivity contribution is 6.33. The molecule has 0 unspecified atom stereocenters. The minimum atomic E-state index is -0.229. The number of nitrogen functional groups attached to an aromatic ring is 1. The number of rotatable bonds is 2. The van der Waals surface area contributed by atoms with Gasteiger partial charge in [-0.25, -0.2) is 0 Å². The van der Waals surface area contributed by atoms with Gasteiger partial charge in [-0.15, -0.1) is 6.42 Å². The summed E-state index contributed by atoms with van der Waals surface area (Å²) in [5, 5.41) is 0.370. The highest BCUT2D eigenvalue weighted by Gasteiger charge is 2.14. The molecule has 1 aromatic carbocycles. The molecule has 0 heterocycles. The van der Waals surface area contributed by atoms with Crippen molar-refractivity contribution < 1.29 is 4.79 Å². The summed E-state index contributed by atoms with van der Waals surface area (Å²) < 4.78 is 0. The summed E-state index contributed by atoms with van der Waals surface area (Å²) in [7, 11) is 1.61. The Balaban J connectivity index is 3.02. The van der Waals surface area contributed by atoms with Crippen LogP contribution in [0, 0.1) is 12.3 Å². The van der Waals surface area contributed by atoms with Crippen molar-refractivity contribution in [1.29, 1.82) is 0 Å². The average molecular weight is 223 g/mol. The van der Waals surface area contributed by atoms with Gasteiger partial charge < -0.3 is 10.6 Å². The van der Waals surface area contributed by atoms with Crippen LogP contribution in [0.5, 0.6) is 0 Å². The maximum atomic E-state index is 11.8. The Kier molecular flexibility index (Phi) is 3.59. The van der Waals surface area contributed by atoms with Crippen LogP contribution >= 0.6 is 11.6 Å². The predicted octanol–water partition coefficient (Wildman–Crippen LogP) is 1.63. The standard InChI is InChI=1S/C11H11ClN2O/c1-3-7-14(2)11(15)8-5-4-6-9(12)10(8)13/h1,4-6H,7,13H2,2H3. The van der Waals surface area contributed by atoms with Crippen molar-refractivity contribution in [2.75, 3.05) is 19.3 Å². The van der Waals surface area contributed by atoms with Gasteiger partial charge >= 0.3 is 0 Å². The first-order valence-electron chi connectivity index (χ1n) is 4.31. The lowest BCUT2D eigenvalue weighted by atomic mass is 10.1. The third-order valence-electron chi connectivity index (χ3n) is 1.96. The second-order valence-electron chi connectivity index (χ2n) is 3.07. The molecule has 0 aliphatic heterocycles. The Morgan fingerprint density at radius 3 is 2.93 bits per heavy atom. The number of amides is 1. The van der Waals surface area contributed by atoms with Gasteiger partial charge in [-0.1, -0.05) is 23.6 Å². The highest BCUT2D eigenvalue weighted by atomic mass is 35.5. The fraction of sp³-hybridized carbons (Fsp3) is 0.182. The lowest BCUT2D eigenvalue weighted by molar-refractivity contribution is 0.0813. The maximum absolute atomic E-state index is 11.8. The van der Waals surface area contributed by atoms with E-state index in [1.807, 2.05) is 0 Å². The number of hydrogen-bond acceptors (Lipinski definition) is 2. The van der Waals surface area contributed by atoms with Crippen molar-refractivity contribution >= 4 is 23.2 Å². The predicted molar refractivity (Wildman–Crippen MR) is 61.7 cm³/mol. The fourth-order valence-electron chi connectivity index (χ4n) is 1.14. The minimum Gasteiger partial charge on any atom is -0.397 e. The molecule has 15 heavy (non-hydrogen) atoms. The van der Waals surface area contributed by atoms with Crippen molar-refractivity contribution in [3.63, 3.8) is 0 Å². The summed E-state index contributed by atoms with van der Waals surface area (Å²) in [6, 6.07) is 4.93. The maximum Gasteiger partial charge on any atom is 0.256 e. The molecule has 0 atom stereocenters. The van der Waals surface area contributed by atoms with Crippen LogP contribution < -0.4 is 5.73 Å². The Morgan fingerprint density at radius 2 is 2.33 bits per heavy atom. The number of hydrogen-bond donors (Lipinski definition) is 1. The van der Waals surface area contributed by atoms with Gasteiger partial charge in [-0.3, -0.25) is 4.79 Å². The number of halogens is 1. The highest BCUT2D eigenvalue weighted by Crippen LogP contribution is 2.23. The van der Waals surface area contributed by atoms with Gasteiger partial charge in [0.2, 0.25) is 0 Å². The molecule has 2 N–H and O–H groups in total. The molecule has 0 aliphatic carbocycles. The van der Waals surface area contributed by atoms with E-state index in [2.05, 4.69) is 5.92 Å². The molecular formula is C11H11ClN2O. The molecule has 78 valence electrons.